The standard InChI is InChI=1S/C12H14N4O2/c13-10-3-1-2-9(6-10)7-12(17)14-5-4-11-15-8-18-16-11/h1-3,6,8H,4-5,7,13H2,(H,14,17). The molecule has 0 radical (unpaired) electrons. The maximum atomic E-state index is 11.6. The van der Waals surface area contributed by atoms with Gasteiger partial charge in [0.1, 0.15) is 0 Å². The zero-order chi connectivity index (χ0) is 12.8. The van der Waals surface area contributed by atoms with Gasteiger partial charge in [0, 0.05) is 18.7 Å². The highest BCUT2D eigenvalue weighted by atomic mass is 16.5. The van der Waals surface area contributed by atoms with Crippen molar-refractivity contribution in [3.63, 3.8) is 0 Å². The van der Waals surface area contributed by atoms with Gasteiger partial charge in [0.25, 0.3) is 0 Å². The third-order valence-electron chi connectivity index (χ3n) is 2.39. The van der Waals surface area contributed by atoms with E-state index in [9.17, 15) is 4.79 Å². The molecular weight excluding hydrogens is 232 g/mol. The molecular formula is C12H14N4O2. The van der Waals surface area contributed by atoms with Crippen molar-refractivity contribution in [3.05, 3.63) is 42.0 Å². The van der Waals surface area contributed by atoms with E-state index in [1.807, 2.05) is 12.1 Å². The first kappa shape index (κ1) is 12.1. The highest BCUT2D eigenvalue weighted by Crippen LogP contribution is 2.06. The summed E-state index contributed by atoms with van der Waals surface area (Å²) in [7, 11) is 0. The Balaban J connectivity index is 1.75. The fourth-order valence-electron chi connectivity index (χ4n) is 1.57. The molecule has 2 rings (SSSR count). The van der Waals surface area contributed by atoms with Crippen molar-refractivity contribution >= 4 is 11.6 Å². The minimum Gasteiger partial charge on any atom is -0.399 e. The van der Waals surface area contributed by atoms with E-state index in [1.165, 1.54) is 6.39 Å². The van der Waals surface area contributed by atoms with E-state index in [0.29, 0.717) is 30.9 Å². The number of amides is 1. The van der Waals surface area contributed by atoms with Crippen LogP contribution >= 0.6 is 0 Å². The third kappa shape index (κ3) is 3.58. The molecule has 0 saturated carbocycles. The van der Waals surface area contributed by atoms with Crippen LogP contribution in [-0.2, 0) is 17.6 Å². The summed E-state index contributed by atoms with van der Waals surface area (Å²) < 4.78 is 4.59. The highest BCUT2D eigenvalue weighted by Gasteiger charge is 2.04. The van der Waals surface area contributed by atoms with Gasteiger partial charge in [-0.25, -0.2) is 0 Å². The quantitative estimate of drug-likeness (QED) is 0.751. The first-order chi connectivity index (χ1) is 8.74. The number of aromatic nitrogens is 2. The average Bonchev–Trinajstić information content (AvgIpc) is 2.82. The number of nitrogens with one attached hydrogen (secondary N) is 1. The van der Waals surface area contributed by atoms with Gasteiger partial charge in [-0.1, -0.05) is 17.3 Å². The maximum Gasteiger partial charge on any atom is 0.224 e. The Labute approximate surface area is 104 Å². The fourth-order valence-corrected chi connectivity index (χ4v) is 1.57. The van der Waals surface area contributed by atoms with Crippen molar-refractivity contribution < 1.29 is 9.32 Å². The molecule has 6 nitrogen and oxygen atoms in total. The smallest absolute Gasteiger partial charge is 0.224 e. The molecule has 6 heteroatoms. The molecule has 1 amide bonds. The zero-order valence-electron chi connectivity index (χ0n) is 9.80. The number of nitrogens with zero attached hydrogens (tertiary/aromatic N) is 2. The minimum atomic E-state index is -0.0518. The normalized spacial score (nSPS) is 10.2. The molecule has 0 bridgehead atoms. The zero-order valence-corrected chi connectivity index (χ0v) is 9.80. The lowest BCUT2D eigenvalue weighted by Crippen LogP contribution is -2.27. The van der Waals surface area contributed by atoms with Crippen molar-refractivity contribution in [1.82, 2.24) is 15.5 Å². The number of rotatable bonds is 5. The Morgan fingerprint density at radius 2 is 2.33 bits per heavy atom. The predicted octanol–water partition coefficient (Wildman–Crippen LogP) is 0.553. The van der Waals surface area contributed by atoms with Crippen LogP contribution in [0, 0.1) is 0 Å². The van der Waals surface area contributed by atoms with Crippen LogP contribution in [0.3, 0.4) is 0 Å². The van der Waals surface area contributed by atoms with Crippen molar-refractivity contribution in [2.24, 2.45) is 0 Å². The maximum absolute atomic E-state index is 11.6. The molecule has 18 heavy (non-hydrogen) atoms. The van der Waals surface area contributed by atoms with Gasteiger partial charge in [-0.3, -0.25) is 4.79 Å². The summed E-state index contributed by atoms with van der Waals surface area (Å²) in [6.45, 7) is 0.487. The SMILES string of the molecule is Nc1cccc(CC(=O)NCCc2ncon2)c1. The molecule has 0 spiro atoms. The predicted molar refractivity (Wildman–Crippen MR) is 65.6 cm³/mol. The Hall–Kier alpha value is -2.37. The lowest BCUT2D eigenvalue weighted by atomic mass is 10.1. The number of hydrogen-bond acceptors (Lipinski definition) is 5. The van der Waals surface area contributed by atoms with Crippen molar-refractivity contribution in [1.29, 1.82) is 0 Å². The van der Waals surface area contributed by atoms with E-state index >= 15 is 0 Å². The topological polar surface area (TPSA) is 94.0 Å². The summed E-state index contributed by atoms with van der Waals surface area (Å²) >= 11 is 0. The van der Waals surface area contributed by atoms with Crippen LogP contribution in [0.5, 0.6) is 0 Å². The lowest BCUT2D eigenvalue weighted by Gasteiger charge is -2.04. The molecule has 0 atom stereocenters. The first-order valence-electron chi connectivity index (χ1n) is 5.60. The van der Waals surface area contributed by atoms with Gasteiger partial charge < -0.3 is 15.6 Å². The molecule has 0 saturated heterocycles. The Bertz CT molecular complexity index is 511. The van der Waals surface area contributed by atoms with Crippen LogP contribution in [-0.4, -0.2) is 22.6 Å². The summed E-state index contributed by atoms with van der Waals surface area (Å²) in [4.78, 5) is 15.5. The van der Waals surface area contributed by atoms with Gasteiger partial charge in [-0.2, -0.15) is 4.98 Å². The van der Waals surface area contributed by atoms with E-state index in [-0.39, 0.29) is 5.91 Å². The molecule has 0 unspecified atom stereocenters. The first-order valence-corrected chi connectivity index (χ1v) is 5.60. The van der Waals surface area contributed by atoms with Gasteiger partial charge in [0.2, 0.25) is 12.3 Å². The summed E-state index contributed by atoms with van der Waals surface area (Å²) in [5, 5.41) is 6.44. The van der Waals surface area contributed by atoms with Gasteiger partial charge in [-0.05, 0) is 17.7 Å². The van der Waals surface area contributed by atoms with Crippen LogP contribution in [0.4, 0.5) is 5.69 Å². The van der Waals surface area contributed by atoms with Crippen LogP contribution < -0.4 is 11.1 Å². The van der Waals surface area contributed by atoms with Crippen LogP contribution in [0.2, 0.25) is 0 Å². The Kier molecular flexibility index (Phi) is 3.90. The number of anilines is 1. The molecule has 0 aliphatic rings. The highest BCUT2D eigenvalue weighted by molar-refractivity contribution is 5.78. The monoisotopic (exact) mass is 246 g/mol. The van der Waals surface area contributed by atoms with Crippen LogP contribution in [0.1, 0.15) is 11.4 Å². The fraction of sp³-hybridized carbons (Fsp3) is 0.250. The molecule has 3 N–H and O–H groups in total. The average molecular weight is 246 g/mol. The van der Waals surface area contributed by atoms with Crippen molar-refractivity contribution in [2.45, 2.75) is 12.8 Å². The molecule has 0 aliphatic heterocycles. The molecule has 1 aromatic carbocycles. The summed E-state index contributed by atoms with van der Waals surface area (Å²) in [5.74, 6) is 0.531. The van der Waals surface area contributed by atoms with E-state index in [2.05, 4.69) is 20.0 Å². The van der Waals surface area contributed by atoms with Gasteiger partial charge in [0.15, 0.2) is 5.82 Å². The van der Waals surface area contributed by atoms with Gasteiger partial charge >= 0.3 is 0 Å². The number of nitrogens with two attached hydrogens (primary N) is 1. The van der Waals surface area contributed by atoms with E-state index < -0.39 is 0 Å². The number of carbonyl (C=O) groups is 1. The molecule has 2 aromatic rings. The largest absolute Gasteiger partial charge is 0.399 e. The number of benzene rings is 1. The lowest BCUT2D eigenvalue weighted by molar-refractivity contribution is -0.120. The van der Waals surface area contributed by atoms with E-state index in [0.717, 1.165) is 5.56 Å². The molecule has 1 heterocycles. The molecule has 0 aliphatic carbocycles. The van der Waals surface area contributed by atoms with Crippen molar-refractivity contribution in [3.8, 4) is 0 Å². The van der Waals surface area contributed by atoms with E-state index in [1.54, 1.807) is 12.1 Å². The summed E-state index contributed by atoms with van der Waals surface area (Å²) in [5.41, 5.74) is 7.19. The molecule has 1 aromatic heterocycles. The Morgan fingerprint density at radius 3 is 3.06 bits per heavy atom. The molecule has 0 fully saturated rings. The Morgan fingerprint density at radius 1 is 1.44 bits per heavy atom. The number of carbonyl (C=O) groups excluding carboxylic acids is 1. The second-order valence-electron chi connectivity index (χ2n) is 3.87. The van der Waals surface area contributed by atoms with Crippen LogP contribution in [0.25, 0.3) is 0 Å². The number of nitrogen functional groups attached to an aromatic ring is 1. The second-order valence-corrected chi connectivity index (χ2v) is 3.87. The minimum absolute atomic E-state index is 0.0518. The third-order valence-corrected chi connectivity index (χ3v) is 2.39. The van der Waals surface area contributed by atoms with Gasteiger partial charge in [0.05, 0.1) is 6.42 Å². The van der Waals surface area contributed by atoms with Crippen LogP contribution in [0.15, 0.2) is 35.2 Å². The molecule has 94 valence electrons. The number of hydrogen-bond donors (Lipinski definition) is 2. The summed E-state index contributed by atoms with van der Waals surface area (Å²) in [6.07, 6.45) is 2.14. The van der Waals surface area contributed by atoms with Gasteiger partial charge in [-0.15, -0.1) is 0 Å². The second kappa shape index (κ2) is 5.81. The summed E-state index contributed by atoms with van der Waals surface area (Å²) in [6, 6.07) is 7.28. The van der Waals surface area contributed by atoms with Crippen molar-refractivity contribution in [2.75, 3.05) is 12.3 Å². The van der Waals surface area contributed by atoms with E-state index in [4.69, 9.17) is 5.73 Å².